The number of aliphatic hydroxyl groups excluding tert-OH is 1. The van der Waals surface area contributed by atoms with Crippen molar-refractivity contribution in [3.63, 3.8) is 0 Å². The van der Waals surface area contributed by atoms with E-state index in [-0.39, 0.29) is 61.7 Å². The first kappa shape index (κ1) is 28.5. The Bertz CT molecular complexity index is 528. The number of hydrogen-bond acceptors (Lipinski definition) is 9. The largest absolute Gasteiger partial charge is 2.00 e. The topological polar surface area (TPSA) is 168 Å². The molecule has 10 nitrogen and oxygen atoms in total. The summed E-state index contributed by atoms with van der Waals surface area (Å²) < 4.78 is 14.6. The van der Waals surface area contributed by atoms with Crippen molar-refractivity contribution < 1.29 is 38.4 Å². The molecule has 0 aromatic rings. The minimum absolute atomic E-state index is 0. The predicted octanol–water partition coefficient (Wildman–Crippen LogP) is -2.26. The zero-order valence-corrected chi connectivity index (χ0v) is 18.9. The molecule has 13 heteroatoms. The summed E-state index contributed by atoms with van der Waals surface area (Å²) in [6, 6.07) is 0. The van der Waals surface area contributed by atoms with Gasteiger partial charge in [0.2, 0.25) is 11.8 Å². The minimum atomic E-state index is -5.20. The molecule has 0 bridgehead atoms. The molecule has 0 spiro atoms. The number of phosphoric acid groups is 1. The van der Waals surface area contributed by atoms with E-state index >= 15 is 0 Å². The van der Waals surface area contributed by atoms with Crippen molar-refractivity contribution >= 4 is 74.3 Å². The van der Waals surface area contributed by atoms with Crippen LogP contribution in [0, 0.1) is 5.41 Å². The van der Waals surface area contributed by atoms with Gasteiger partial charge in [-0.25, -0.2) is 0 Å². The molecule has 0 heterocycles. The summed E-state index contributed by atoms with van der Waals surface area (Å²) in [7, 11) is -5.20. The summed E-state index contributed by atoms with van der Waals surface area (Å²) in [5, 5.41) is 14.8. The van der Waals surface area contributed by atoms with Crippen LogP contribution < -0.4 is 20.4 Å². The molecule has 0 aliphatic carbocycles. The standard InChI is InChI=1S/C13H25N2O8PS.Ca/c1-9(16)25-7-6-14-10(17)4-5-15-12(19)11(18)13(2,3)8-23-24(20,21)22;/h11,18H,4-8H2,1-3H3,(H,14,17)(H,15,19)(H2,20,21,22);/q;+2/p-2/t11-;/m0./s1. The van der Waals surface area contributed by atoms with E-state index < -0.39 is 31.9 Å². The van der Waals surface area contributed by atoms with Gasteiger partial charge < -0.3 is 34.6 Å². The Balaban J connectivity index is 0. The van der Waals surface area contributed by atoms with Crippen molar-refractivity contribution in [3.8, 4) is 0 Å². The molecular weight excluding hydrogens is 415 g/mol. The fourth-order valence-corrected chi connectivity index (χ4v) is 2.53. The van der Waals surface area contributed by atoms with Crippen molar-refractivity contribution in [1.82, 2.24) is 10.6 Å². The van der Waals surface area contributed by atoms with E-state index in [0.29, 0.717) is 12.3 Å². The van der Waals surface area contributed by atoms with Crippen molar-refractivity contribution in [3.05, 3.63) is 0 Å². The average Bonchev–Trinajstić information content (AvgIpc) is 2.48. The molecule has 0 aliphatic rings. The summed E-state index contributed by atoms with van der Waals surface area (Å²) in [6.45, 7) is 3.75. The molecule has 0 rings (SSSR count). The normalized spacial score (nSPS) is 12.7. The SMILES string of the molecule is CC(=O)SCCNC(=O)CCNC(=O)[C@H](O)C(C)(C)COP(=O)([O-])[O-].[Ca+2]. The minimum Gasteiger partial charge on any atom is -0.790 e. The fraction of sp³-hybridized carbons (Fsp3) is 0.769. The molecule has 0 aromatic carbocycles. The number of phosphoric ester groups is 1. The van der Waals surface area contributed by atoms with Crippen LogP contribution in [-0.4, -0.2) is 91.3 Å². The van der Waals surface area contributed by atoms with Crippen LogP contribution in [0.1, 0.15) is 27.2 Å². The number of amides is 2. The predicted molar refractivity (Wildman–Crippen MR) is 92.9 cm³/mol. The smallest absolute Gasteiger partial charge is 0.790 e. The van der Waals surface area contributed by atoms with Gasteiger partial charge in [-0.05, 0) is 0 Å². The Labute approximate surface area is 186 Å². The first-order chi connectivity index (χ1) is 11.3. The second-order valence-corrected chi connectivity index (χ2v) is 8.27. The van der Waals surface area contributed by atoms with Crippen molar-refractivity contribution in [2.45, 2.75) is 33.3 Å². The van der Waals surface area contributed by atoms with Crippen LogP contribution in [-0.2, 0) is 23.5 Å². The van der Waals surface area contributed by atoms with Gasteiger partial charge in [-0.3, -0.25) is 14.4 Å². The molecule has 0 saturated carbocycles. The number of thioether (sulfide) groups is 1. The van der Waals surface area contributed by atoms with Gasteiger partial charge in [0.15, 0.2) is 5.12 Å². The molecule has 0 radical (unpaired) electrons. The van der Waals surface area contributed by atoms with Crippen LogP contribution in [0.4, 0.5) is 0 Å². The van der Waals surface area contributed by atoms with E-state index in [1.807, 2.05) is 0 Å². The fourth-order valence-electron chi connectivity index (χ4n) is 1.55. The van der Waals surface area contributed by atoms with Crippen molar-refractivity contribution in [1.29, 1.82) is 0 Å². The van der Waals surface area contributed by atoms with Gasteiger partial charge in [0.05, 0.1) is 14.4 Å². The maximum atomic E-state index is 11.8. The number of carbonyl (C=O) groups is 3. The summed E-state index contributed by atoms with van der Waals surface area (Å²) >= 11 is 1.08. The van der Waals surface area contributed by atoms with Crippen molar-refractivity contribution in [2.24, 2.45) is 5.41 Å². The van der Waals surface area contributed by atoms with Crippen LogP contribution in [0.15, 0.2) is 0 Å². The van der Waals surface area contributed by atoms with Crippen LogP contribution in [0.2, 0.25) is 0 Å². The molecule has 0 saturated heterocycles. The maximum Gasteiger partial charge on any atom is 2.00 e. The molecule has 0 fully saturated rings. The zero-order valence-electron chi connectivity index (χ0n) is 15.0. The first-order valence-corrected chi connectivity index (χ1v) is 9.82. The van der Waals surface area contributed by atoms with E-state index in [9.17, 15) is 33.8 Å². The van der Waals surface area contributed by atoms with Gasteiger partial charge in [0.1, 0.15) is 6.10 Å². The van der Waals surface area contributed by atoms with Gasteiger partial charge in [0.25, 0.3) is 0 Å². The van der Waals surface area contributed by atoms with Gasteiger partial charge in [-0.1, -0.05) is 25.6 Å². The quantitative estimate of drug-likeness (QED) is 0.183. The summed E-state index contributed by atoms with van der Waals surface area (Å²) in [6.07, 6.45) is -1.66. The molecule has 1 atom stereocenters. The molecule has 3 N–H and O–H groups in total. The van der Waals surface area contributed by atoms with Crippen LogP contribution >= 0.6 is 19.6 Å². The number of hydrogen-bond donors (Lipinski definition) is 3. The van der Waals surface area contributed by atoms with Gasteiger partial charge in [0, 0.05) is 37.6 Å². The van der Waals surface area contributed by atoms with Crippen LogP contribution in [0.3, 0.4) is 0 Å². The molecule has 0 aromatic heterocycles. The summed E-state index contributed by atoms with van der Waals surface area (Å²) in [4.78, 5) is 55.0. The third-order valence-electron chi connectivity index (χ3n) is 2.96. The van der Waals surface area contributed by atoms with E-state index in [0.717, 1.165) is 11.8 Å². The van der Waals surface area contributed by atoms with E-state index in [1.54, 1.807) is 0 Å². The monoisotopic (exact) mass is 438 g/mol. The third kappa shape index (κ3) is 14.4. The number of rotatable bonds is 11. The van der Waals surface area contributed by atoms with Gasteiger partial charge in [-0.15, -0.1) is 0 Å². The third-order valence-corrected chi connectivity index (χ3v) is 4.22. The van der Waals surface area contributed by atoms with E-state index in [2.05, 4.69) is 15.2 Å². The Morgan fingerprint density at radius 3 is 2.31 bits per heavy atom. The molecule has 146 valence electrons. The van der Waals surface area contributed by atoms with Crippen LogP contribution in [0.5, 0.6) is 0 Å². The summed E-state index contributed by atoms with van der Waals surface area (Å²) in [5.74, 6) is -0.704. The molecular formula is C13H23CaN2O8PS. The Morgan fingerprint density at radius 1 is 1.23 bits per heavy atom. The number of aliphatic hydroxyl groups is 1. The molecule has 2 amide bonds. The Kier molecular flexibility index (Phi) is 14.8. The van der Waals surface area contributed by atoms with Crippen molar-refractivity contribution in [2.75, 3.05) is 25.4 Å². The number of carbonyl (C=O) groups excluding carboxylic acids is 3. The second kappa shape index (κ2) is 13.5. The number of nitrogens with one attached hydrogen (secondary N) is 2. The molecule has 0 aliphatic heterocycles. The first-order valence-electron chi connectivity index (χ1n) is 7.37. The maximum absolute atomic E-state index is 11.8. The van der Waals surface area contributed by atoms with Gasteiger partial charge in [-0.2, -0.15) is 0 Å². The Morgan fingerprint density at radius 2 is 1.81 bits per heavy atom. The second-order valence-electron chi connectivity index (χ2n) is 5.84. The van der Waals surface area contributed by atoms with E-state index in [4.69, 9.17) is 0 Å². The average molecular weight is 438 g/mol. The zero-order chi connectivity index (χ0) is 19.7. The van der Waals surface area contributed by atoms with Gasteiger partial charge >= 0.3 is 37.7 Å². The Hall–Kier alpha value is 0.290. The van der Waals surface area contributed by atoms with E-state index in [1.165, 1.54) is 20.8 Å². The molecule has 26 heavy (non-hydrogen) atoms. The summed E-state index contributed by atoms with van der Waals surface area (Å²) in [5.41, 5.74) is -1.32. The molecule has 0 unspecified atom stereocenters. The van der Waals surface area contributed by atoms with Crippen LogP contribution in [0.25, 0.3) is 0 Å².